The zero-order chi connectivity index (χ0) is 16.7. The van der Waals surface area contributed by atoms with Gasteiger partial charge < -0.3 is 10.1 Å². The van der Waals surface area contributed by atoms with E-state index in [9.17, 15) is 9.59 Å². The minimum Gasteiger partial charge on any atom is -0.464 e. The molecule has 4 heteroatoms. The van der Waals surface area contributed by atoms with Crippen LogP contribution >= 0.6 is 0 Å². The molecule has 3 unspecified atom stereocenters. The van der Waals surface area contributed by atoms with E-state index in [0.717, 1.165) is 25.7 Å². The Bertz CT molecular complexity index is 367. The monoisotopic (exact) mass is 311 g/mol. The minimum atomic E-state index is -0.561. The van der Waals surface area contributed by atoms with E-state index in [2.05, 4.69) is 33.0 Å². The van der Waals surface area contributed by atoms with Gasteiger partial charge in [-0.1, -0.05) is 40.5 Å². The van der Waals surface area contributed by atoms with E-state index >= 15 is 0 Å². The molecule has 0 saturated heterocycles. The molecule has 1 aliphatic rings. The van der Waals surface area contributed by atoms with Gasteiger partial charge in [0.25, 0.3) is 0 Å². The summed E-state index contributed by atoms with van der Waals surface area (Å²) < 4.78 is 5.17. The van der Waals surface area contributed by atoms with Crippen LogP contribution in [0.25, 0.3) is 0 Å². The minimum absolute atomic E-state index is 0.0187. The summed E-state index contributed by atoms with van der Waals surface area (Å²) in [5, 5.41) is 2.87. The maximum atomic E-state index is 12.6. The van der Waals surface area contributed by atoms with Crippen LogP contribution in [0, 0.1) is 23.7 Å². The van der Waals surface area contributed by atoms with Crippen molar-refractivity contribution >= 4 is 11.9 Å². The van der Waals surface area contributed by atoms with E-state index in [-0.39, 0.29) is 17.8 Å². The molecule has 0 bridgehead atoms. The molecule has 1 rings (SSSR count). The number of carbonyl (C=O) groups excluding carboxylic acids is 2. The van der Waals surface area contributed by atoms with E-state index in [1.54, 1.807) is 6.92 Å². The second-order valence-corrected chi connectivity index (χ2v) is 7.18. The Morgan fingerprint density at radius 1 is 1.23 bits per heavy atom. The van der Waals surface area contributed by atoms with Crippen molar-refractivity contribution in [2.45, 2.75) is 72.8 Å². The summed E-state index contributed by atoms with van der Waals surface area (Å²) in [7, 11) is 0. The summed E-state index contributed by atoms with van der Waals surface area (Å²) in [6.45, 7) is 10.8. The molecule has 0 aromatic rings. The van der Waals surface area contributed by atoms with Gasteiger partial charge in [-0.3, -0.25) is 4.79 Å². The molecule has 0 aliphatic heterocycles. The highest BCUT2D eigenvalue weighted by Gasteiger charge is 2.36. The summed E-state index contributed by atoms with van der Waals surface area (Å²) in [4.78, 5) is 24.5. The Balaban J connectivity index is 2.55. The first-order chi connectivity index (χ1) is 10.4. The van der Waals surface area contributed by atoms with Crippen LogP contribution < -0.4 is 5.32 Å². The van der Waals surface area contributed by atoms with E-state index in [4.69, 9.17) is 4.74 Å². The summed E-state index contributed by atoms with van der Waals surface area (Å²) in [5.41, 5.74) is 0. The van der Waals surface area contributed by atoms with Gasteiger partial charge in [-0.15, -0.1) is 0 Å². The molecule has 0 aromatic carbocycles. The van der Waals surface area contributed by atoms with Gasteiger partial charge in [0.05, 0.1) is 6.61 Å². The number of rotatable bonds is 7. The molecule has 4 atom stereocenters. The number of hydrogen-bond donors (Lipinski definition) is 1. The van der Waals surface area contributed by atoms with Crippen molar-refractivity contribution in [3.05, 3.63) is 0 Å². The highest BCUT2D eigenvalue weighted by molar-refractivity contribution is 5.85. The molecule has 0 radical (unpaired) electrons. The normalized spacial score (nSPS) is 26.5. The summed E-state index contributed by atoms with van der Waals surface area (Å²) in [5.74, 6) is 1.21. The van der Waals surface area contributed by atoms with Gasteiger partial charge in [-0.25, -0.2) is 4.79 Å². The molecule has 1 amide bonds. The molecular weight excluding hydrogens is 278 g/mol. The molecule has 4 nitrogen and oxygen atoms in total. The molecule has 1 N–H and O–H groups in total. The lowest BCUT2D eigenvalue weighted by molar-refractivity contribution is -0.148. The van der Waals surface area contributed by atoms with E-state index in [1.165, 1.54) is 6.42 Å². The fraction of sp³-hybridized carbons (Fsp3) is 0.889. The Morgan fingerprint density at radius 3 is 2.50 bits per heavy atom. The van der Waals surface area contributed by atoms with E-state index < -0.39 is 6.04 Å². The fourth-order valence-corrected chi connectivity index (χ4v) is 3.33. The second-order valence-electron chi connectivity index (χ2n) is 7.18. The smallest absolute Gasteiger partial charge is 0.328 e. The van der Waals surface area contributed by atoms with Crippen molar-refractivity contribution < 1.29 is 14.3 Å². The highest BCUT2D eigenvalue weighted by atomic mass is 16.5. The molecule has 1 aliphatic carbocycles. The van der Waals surface area contributed by atoms with Crippen molar-refractivity contribution in [2.24, 2.45) is 23.7 Å². The van der Waals surface area contributed by atoms with Crippen LogP contribution in [0.2, 0.25) is 0 Å². The molecule has 1 saturated carbocycles. The number of esters is 1. The van der Waals surface area contributed by atoms with E-state index in [1.807, 2.05) is 0 Å². The van der Waals surface area contributed by atoms with Crippen LogP contribution in [-0.2, 0) is 14.3 Å². The molecule has 128 valence electrons. The van der Waals surface area contributed by atoms with E-state index in [0.29, 0.717) is 24.4 Å². The largest absolute Gasteiger partial charge is 0.464 e. The third-order valence-corrected chi connectivity index (χ3v) is 4.81. The third-order valence-electron chi connectivity index (χ3n) is 4.81. The van der Waals surface area contributed by atoms with Crippen molar-refractivity contribution in [1.29, 1.82) is 0 Å². The Morgan fingerprint density at radius 2 is 1.91 bits per heavy atom. The maximum absolute atomic E-state index is 12.6. The van der Waals surface area contributed by atoms with Gasteiger partial charge in [0, 0.05) is 5.92 Å². The van der Waals surface area contributed by atoms with Gasteiger partial charge in [-0.05, 0) is 43.9 Å². The first-order valence-corrected chi connectivity index (χ1v) is 8.83. The average Bonchev–Trinajstić information content (AvgIpc) is 2.46. The number of hydrogen-bond acceptors (Lipinski definition) is 3. The summed E-state index contributed by atoms with van der Waals surface area (Å²) in [6.07, 6.45) is 5.08. The highest BCUT2D eigenvalue weighted by Crippen LogP contribution is 2.38. The average molecular weight is 311 g/mol. The SMILES string of the molecule is CCCCOC(=O)C(C)NC(=O)C1CC(C)CC[C@H]1C(C)C. The van der Waals surface area contributed by atoms with Crippen molar-refractivity contribution in [2.75, 3.05) is 6.61 Å². The first-order valence-electron chi connectivity index (χ1n) is 8.83. The van der Waals surface area contributed by atoms with Crippen LogP contribution in [-0.4, -0.2) is 24.5 Å². The summed E-state index contributed by atoms with van der Waals surface area (Å²) in [6, 6.07) is -0.561. The van der Waals surface area contributed by atoms with Gasteiger partial charge in [0.15, 0.2) is 0 Å². The number of unbranched alkanes of at least 4 members (excludes halogenated alkanes) is 1. The maximum Gasteiger partial charge on any atom is 0.328 e. The lowest BCUT2D eigenvalue weighted by Gasteiger charge is -2.36. The Hall–Kier alpha value is -1.06. The molecule has 0 heterocycles. The zero-order valence-electron chi connectivity index (χ0n) is 14.9. The predicted molar refractivity (Wildman–Crippen MR) is 88.3 cm³/mol. The number of carbonyl (C=O) groups is 2. The predicted octanol–water partition coefficient (Wildman–Crippen LogP) is 3.54. The standard InChI is InChI=1S/C18H33NO3/c1-6-7-10-22-18(21)14(5)19-17(20)16-11-13(4)8-9-15(16)12(2)3/h12-16H,6-11H2,1-5H3,(H,19,20)/t13?,14?,15-,16?/m0/s1. The number of amides is 1. The lowest BCUT2D eigenvalue weighted by Crippen LogP contribution is -2.46. The molecule has 0 spiro atoms. The Kier molecular flexibility index (Phi) is 7.91. The van der Waals surface area contributed by atoms with Crippen molar-refractivity contribution in [3.8, 4) is 0 Å². The zero-order valence-corrected chi connectivity index (χ0v) is 14.9. The van der Waals surface area contributed by atoms with Crippen molar-refractivity contribution in [3.63, 3.8) is 0 Å². The second kappa shape index (κ2) is 9.16. The van der Waals surface area contributed by atoms with Crippen LogP contribution in [0.5, 0.6) is 0 Å². The van der Waals surface area contributed by atoms with Gasteiger partial charge >= 0.3 is 5.97 Å². The van der Waals surface area contributed by atoms with Crippen LogP contribution in [0.15, 0.2) is 0 Å². The quantitative estimate of drug-likeness (QED) is 0.578. The molecule has 1 fully saturated rings. The fourth-order valence-electron chi connectivity index (χ4n) is 3.33. The van der Waals surface area contributed by atoms with Crippen LogP contribution in [0.1, 0.15) is 66.7 Å². The topological polar surface area (TPSA) is 55.4 Å². The van der Waals surface area contributed by atoms with Crippen LogP contribution in [0.3, 0.4) is 0 Å². The van der Waals surface area contributed by atoms with Gasteiger partial charge in [-0.2, -0.15) is 0 Å². The summed E-state index contributed by atoms with van der Waals surface area (Å²) >= 11 is 0. The molecule has 22 heavy (non-hydrogen) atoms. The lowest BCUT2D eigenvalue weighted by atomic mass is 9.69. The Labute approximate surface area is 135 Å². The molecule has 0 aromatic heterocycles. The van der Waals surface area contributed by atoms with Crippen molar-refractivity contribution in [1.82, 2.24) is 5.32 Å². The number of nitrogens with one attached hydrogen (secondary N) is 1. The molecular formula is C18H33NO3. The third kappa shape index (κ3) is 5.62. The van der Waals surface area contributed by atoms with Gasteiger partial charge in [0.2, 0.25) is 5.91 Å². The number of ether oxygens (including phenoxy) is 1. The first kappa shape index (κ1) is 19.0. The van der Waals surface area contributed by atoms with Gasteiger partial charge in [0.1, 0.15) is 6.04 Å². The van der Waals surface area contributed by atoms with Crippen LogP contribution in [0.4, 0.5) is 0 Å².